The van der Waals surface area contributed by atoms with Crippen LogP contribution in [-0.4, -0.2) is 104 Å². The lowest BCUT2D eigenvalue weighted by molar-refractivity contribution is -0.143. The maximum absolute atomic E-state index is 15.3. The quantitative estimate of drug-likeness (QED) is 0.345. The third-order valence-electron chi connectivity index (χ3n) is 8.96. The average Bonchev–Trinajstić information content (AvgIpc) is 3.04. The predicted octanol–water partition coefficient (Wildman–Crippen LogP) is 3.53. The second-order valence-electron chi connectivity index (χ2n) is 12.1. The highest BCUT2D eigenvalue weighted by Gasteiger charge is 2.32. The molecule has 2 aromatic heterocycles. The van der Waals surface area contributed by atoms with Gasteiger partial charge >= 0.3 is 5.97 Å². The number of nitrogens with zero attached hydrogens (tertiary/aromatic N) is 5. The summed E-state index contributed by atoms with van der Waals surface area (Å²) in [6.07, 6.45) is 7.10. The Kier molecular flexibility index (Phi) is 9.43. The molecule has 0 unspecified atom stereocenters. The van der Waals surface area contributed by atoms with E-state index in [0.717, 1.165) is 45.0 Å². The summed E-state index contributed by atoms with van der Waals surface area (Å²) in [5, 5.41) is 9.74. The third kappa shape index (κ3) is 7.26. The first-order chi connectivity index (χ1) is 22.1. The largest absolute Gasteiger partial charge is 0.488 e. The number of pyridine rings is 1. The second-order valence-corrected chi connectivity index (χ2v) is 13.9. The zero-order valence-electron chi connectivity index (χ0n) is 25.9. The standard InChI is InChI=1S/C31H39FN6O7S/c1-43-29-25(36-46(2,41)42)15-20(18-33-29)27-24-16-21(32)17-26(28(24)35-31(34-27)38-11-13-44-14-12-38)45-23-5-3-22(4-6-23)37-9-7-19(8-10-37)30(39)40/h15-19,22-23,36H,3-14H2,1-2H3,(H,39,40). The SMILES string of the molecule is COc1ncc(-c2nc(N3CCOCC3)nc3c(OC4CCC(N5CCC(C(=O)O)CC5)CC4)cc(F)cc23)cc1NS(C)(=O)=O. The van der Waals surface area contributed by atoms with Crippen LogP contribution >= 0.6 is 0 Å². The van der Waals surface area contributed by atoms with E-state index >= 15 is 4.39 Å². The van der Waals surface area contributed by atoms with E-state index in [9.17, 15) is 18.3 Å². The molecule has 13 nitrogen and oxygen atoms in total. The maximum atomic E-state index is 15.3. The summed E-state index contributed by atoms with van der Waals surface area (Å²) in [6.45, 7) is 3.72. The first-order valence-electron chi connectivity index (χ1n) is 15.6. The first kappa shape index (κ1) is 32.1. The number of halogens is 1. The third-order valence-corrected chi connectivity index (χ3v) is 9.55. The molecule has 4 heterocycles. The fourth-order valence-corrected chi connectivity index (χ4v) is 7.15. The minimum absolute atomic E-state index is 0.0815. The van der Waals surface area contributed by atoms with Gasteiger partial charge in [-0.15, -0.1) is 0 Å². The molecule has 0 spiro atoms. The van der Waals surface area contributed by atoms with Gasteiger partial charge in [0.1, 0.15) is 22.8 Å². The zero-order valence-corrected chi connectivity index (χ0v) is 26.8. The summed E-state index contributed by atoms with van der Waals surface area (Å²) in [6, 6.07) is 4.64. The molecule has 2 saturated heterocycles. The number of rotatable bonds is 9. The molecule has 1 aromatic carbocycles. The molecule has 0 atom stereocenters. The lowest BCUT2D eigenvalue weighted by Crippen LogP contribution is -2.45. The summed E-state index contributed by atoms with van der Waals surface area (Å²) in [5.41, 5.74) is 1.38. The summed E-state index contributed by atoms with van der Waals surface area (Å²) in [5.74, 6) is -0.672. The highest BCUT2D eigenvalue weighted by molar-refractivity contribution is 7.92. The van der Waals surface area contributed by atoms with Crippen molar-refractivity contribution in [1.82, 2.24) is 19.9 Å². The highest BCUT2D eigenvalue weighted by atomic mass is 32.2. The number of aromatic nitrogens is 3. The van der Waals surface area contributed by atoms with Gasteiger partial charge in [0.05, 0.1) is 44.3 Å². The molecule has 248 valence electrons. The van der Waals surface area contributed by atoms with Crippen LogP contribution in [0.1, 0.15) is 38.5 Å². The van der Waals surface area contributed by atoms with Crippen LogP contribution in [0.3, 0.4) is 0 Å². The van der Waals surface area contributed by atoms with Crippen molar-refractivity contribution in [3.63, 3.8) is 0 Å². The van der Waals surface area contributed by atoms with Gasteiger partial charge in [0, 0.05) is 42.3 Å². The summed E-state index contributed by atoms with van der Waals surface area (Å²) < 4.78 is 59.2. The van der Waals surface area contributed by atoms with Gasteiger partial charge in [-0.2, -0.15) is 0 Å². The second kappa shape index (κ2) is 13.5. The molecule has 15 heteroatoms. The number of methoxy groups -OCH3 is 1. The van der Waals surface area contributed by atoms with Crippen LogP contribution in [0.25, 0.3) is 22.2 Å². The number of piperidine rings is 1. The molecular formula is C31H39FN6O7S. The molecule has 1 saturated carbocycles. The van der Waals surface area contributed by atoms with Crippen LogP contribution < -0.4 is 19.1 Å². The van der Waals surface area contributed by atoms with Gasteiger partial charge in [-0.1, -0.05) is 0 Å². The number of ether oxygens (including phenoxy) is 3. The van der Waals surface area contributed by atoms with E-state index in [1.54, 1.807) is 6.07 Å². The van der Waals surface area contributed by atoms with Crippen LogP contribution in [-0.2, 0) is 19.6 Å². The van der Waals surface area contributed by atoms with Gasteiger partial charge in [-0.25, -0.2) is 27.8 Å². The first-order valence-corrected chi connectivity index (χ1v) is 17.5. The molecule has 3 aliphatic rings. The number of carboxylic acid groups (broad SMARTS) is 1. The minimum atomic E-state index is -3.66. The Balaban J connectivity index is 1.31. The number of fused-ring (bicyclic) bond motifs is 1. The van der Waals surface area contributed by atoms with Crippen LogP contribution in [0.2, 0.25) is 0 Å². The Labute approximate surface area is 267 Å². The molecule has 0 amide bonds. The monoisotopic (exact) mass is 658 g/mol. The van der Waals surface area contributed by atoms with Gasteiger partial charge in [-0.05, 0) is 63.7 Å². The van der Waals surface area contributed by atoms with Crippen molar-refractivity contribution in [2.24, 2.45) is 5.92 Å². The van der Waals surface area contributed by atoms with Crippen molar-refractivity contribution in [3.8, 4) is 22.9 Å². The number of morpholine rings is 1. The van der Waals surface area contributed by atoms with Gasteiger partial charge in [-0.3, -0.25) is 9.52 Å². The molecule has 0 radical (unpaired) electrons. The van der Waals surface area contributed by atoms with Crippen molar-refractivity contribution in [2.45, 2.75) is 50.7 Å². The molecule has 3 aromatic rings. The summed E-state index contributed by atoms with van der Waals surface area (Å²) in [7, 11) is -2.27. The van der Waals surface area contributed by atoms with E-state index in [-0.39, 0.29) is 23.6 Å². The van der Waals surface area contributed by atoms with Gasteiger partial charge < -0.3 is 29.1 Å². The molecule has 1 aliphatic carbocycles. The van der Waals surface area contributed by atoms with E-state index in [1.807, 2.05) is 4.90 Å². The minimum Gasteiger partial charge on any atom is -0.488 e. The van der Waals surface area contributed by atoms with Gasteiger partial charge in [0.2, 0.25) is 21.9 Å². The lowest BCUT2D eigenvalue weighted by Gasteiger charge is -2.40. The number of carboxylic acids is 1. The Morgan fingerprint density at radius 2 is 1.76 bits per heavy atom. The fraction of sp³-hybridized carbons (Fsp3) is 0.548. The van der Waals surface area contributed by atoms with Crippen molar-refractivity contribution in [3.05, 3.63) is 30.2 Å². The topological polar surface area (TPSA) is 156 Å². The number of aliphatic carboxylic acids is 1. The number of hydrogen-bond donors (Lipinski definition) is 2. The number of nitrogens with one attached hydrogen (secondary N) is 1. The van der Waals surface area contributed by atoms with Gasteiger partial charge in [0.25, 0.3) is 0 Å². The van der Waals surface area contributed by atoms with E-state index in [2.05, 4.69) is 14.6 Å². The van der Waals surface area contributed by atoms with E-state index in [0.29, 0.717) is 79.0 Å². The Morgan fingerprint density at radius 1 is 1.04 bits per heavy atom. The average molecular weight is 659 g/mol. The van der Waals surface area contributed by atoms with E-state index in [1.165, 1.54) is 25.4 Å². The highest BCUT2D eigenvalue weighted by Crippen LogP contribution is 2.38. The molecule has 6 rings (SSSR count). The number of likely N-dealkylation sites (tertiary alicyclic amines) is 1. The Bertz CT molecular complexity index is 1690. The van der Waals surface area contributed by atoms with Crippen molar-refractivity contribution in [2.75, 3.05) is 62.4 Å². The lowest BCUT2D eigenvalue weighted by atomic mass is 9.89. The summed E-state index contributed by atoms with van der Waals surface area (Å²) in [4.78, 5) is 29.8. The van der Waals surface area contributed by atoms with Crippen LogP contribution in [0.15, 0.2) is 24.4 Å². The van der Waals surface area contributed by atoms with Crippen molar-refractivity contribution >= 4 is 38.5 Å². The van der Waals surface area contributed by atoms with Crippen LogP contribution in [0.5, 0.6) is 11.6 Å². The fourth-order valence-electron chi connectivity index (χ4n) is 6.61. The van der Waals surface area contributed by atoms with Crippen molar-refractivity contribution < 1.29 is 36.9 Å². The molecule has 3 fully saturated rings. The van der Waals surface area contributed by atoms with Crippen LogP contribution in [0.4, 0.5) is 16.0 Å². The zero-order chi connectivity index (χ0) is 32.4. The number of benzene rings is 1. The molecule has 0 bridgehead atoms. The normalized spacial score (nSPS) is 21.7. The number of hydrogen-bond acceptors (Lipinski definition) is 11. The molecule has 2 N–H and O–H groups in total. The predicted molar refractivity (Wildman–Crippen MR) is 169 cm³/mol. The van der Waals surface area contributed by atoms with E-state index < -0.39 is 21.8 Å². The Morgan fingerprint density at radius 3 is 2.41 bits per heavy atom. The molecule has 46 heavy (non-hydrogen) atoms. The van der Waals surface area contributed by atoms with E-state index in [4.69, 9.17) is 24.2 Å². The molecule has 2 aliphatic heterocycles. The number of carbonyl (C=O) groups is 1. The van der Waals surface area contributed by atoms with Gasteiger partial charge in [0.15, 0.2) is 0 Å². The maximum Gasteiger partial charge on any atom is 0.306 e. The van der Waals surface area contributed by atoms with Crippen LogP contribution in [0, 0.1) is 11.7 Å². The number of sulfonamides is 1. The Hall–Kier alpha value is -3.82. The summed E-state index contributed by atoms with van der Waals surface area (Å²) >= 11 is 0. The smallest absolute Gasteiger partial charge is 0.306 e. The molecular weight excluding hydrogens is 619 g/mol. The number of anilines is 2. The van der Waals surface area contributed by atoms with Crippen molar-refractivity contribution in [1.29, 1.82) is 0 Å².